The summed E-state index contributed by atoms with van der Waals surface area (Å²) in [5, 5.41) is 9.17. The number of nitrogens with zero attached hydrogens (tertiary/aromatic N) is 1. The summed E-state index contributed by atoms with van der Waals surface area (Å²) >= 11 is 0. The SMILES string of the molecule is C=C[C@H]1CN(C(=O)OC(C)(C)C)CC1CO. The van der Waals surface area contributed by atoms with Gasteiger partial charge in [0.05, 0.1) is 0 Å². The highest BCUT2D eigenvalue weighted by atomic mass is 16.6. The van der Waals surface area contributed by atoms with E-state index in [1.807, 2.05) is 20.8 Å². The third-order valence-electron chi connectivity index (χ3n) is 2.68. The Bertz CT molecular complexity index is 270. The standard InChI is InChI=1S/C12H21NO3/c1-5-9-6-13(7-10(9)8-14)11(15)16-12(2,3)4/h5,9-10,14H,1,6-8H2,2-4H3/t9-,10?/m0/s1. The Hall–Kier alpha value is -1.03. The molecule has 0 bridgehead atoms. The van der Waals surface area contributed by atoms with E-state index in [0.29, 0.717) is 13.1 Å². The average molecular weight is 227 g/mol. The largest absolute Gasteiger partial charge is 0.444 e. The molecule has 1 N–H and O–H groups in total. The molecule has 1 unspecified atom stereocenters. The summed E-state index contributed by atoms with van der Waals surface area (Å²) in [5.74, 6) is 0.252. The van der Waals surface area contributed by atoms with Crippen LogP contribution >= 0.6 is 0 Å². The zero-order valence-electron chi connectivity index (χ0n) is 10.3. The summed E-state index contributed by atoms with van der Waals surface area (Å²) in [7, 11) is 0. The van der Waals surface area contributed by atoms with Crippen LogP contribution in [0, 0.1) is 11.8 Å². The van der Waals surface area contributed by atoms with E-state index in [2.05, 4.69) is 6.58 Å². The molecule has 16 heavy (non-hydrogen) atoms. The number of aliphatic hydroxyl groups excluding tert-OH is 1. The van der Waals surface area contributed by atoms with Gasteiger partial charge in [-0.15, -0.1) is 6.58 Å². The van der Waals surface area contributed by atoms with E-state index in [1.165, 1.54) is 0 Å². The summed E-state index contributed by atoms with van der Waals surface area (Å²) in [6, 6.07) is 0. The lowest BCUT2D eigenvalue weighted by molar-refractivity contribution is 0.0282. The highest BCUT2D eigenvalue weighted by Crippen LogP contribution is 2.25. The predicted octanol–water partition coefficient (Wildman–Crippen LogP) is 1.65. The molecule has 92 valence electrons. The van der Waals surface area contributed by atoms with E-state index in [0.717, 1.165) is 0 Å². The van der Waals surface area contributed by atoms with E-state index in [4.69, 9.17) is 4.74 Å². The zero-order chi connectivity index (χ0) is 12.3. The van der Waals surface area contributed by atoms with E-state index < -0.39 is 5.60 Å². The normalized spacial score (nSPS) is 25.6. The van der Waals surface area contributed by atoms with Gasteiger partial charge < -0.3 is 14.7 Å². The van der Waals surface area contributed by atoms with Crippen molar-refractivity contribution in [3.63, 3.8) is 0 Å². The maximum atomic E-state index is 11.8. The minimum absolute atomic E-state index is 0.0793. The van der Waals surface area contributed by atoms with Gasteiger partial charge in [-0.1, -0.05) is 6.08 Å². The van der Waals surface area contributed by atoms with Gasteiger partial charge in [0.1, 0.15) is 5.60 Å². The third kappa shape index (κ3) is 3.23. The molecule has 0 radical (unpaired) electrons. The van der Waals surface area contributed by atoms with E-state index in [1.54, 1.807) is 11.0 Å². The number of aliphatic hydroxyl groups is 1. The minimum Gasteiger partial charge on any atom is -0.444 e. The second-order valence-corrected chi connectivity index (χ2v) is 5.23. The van der Waals surface area contributed by atoms with Gasteiger partial charge in [-0.2, -0.15) is 0 Å². The molecule has 1 heterocycles. The van der Waals surface area contributed by atoms with Crippen molar-refractivity contribution in [3.8, 4) is 0 Å². The Morgan fingerprint density at radius 1 is 1.56 bits per heavy atom. The summed E-state index contributed by atoms with van der Waals surface area (Å²) in [5.41, 5.74) is -0.474. The maximum absolute atomic E-state index is 11.8. The highest BCUT2D eigenvalue weighted by Gasteiger charge is 2.35. The Labute approximate surface area is 96.9 Å². The van der Waals surface area contributed by atoms with Crippen LogP contribution in [0.1, 0.15) is 20.8 Å². The number of carbonyl (C=O) groups is 1. The van der Waals surface area contributed by atoms with Crippen LogP contribution in [-0.2, 0) is 4.74 Å². The van der Waals surface area contributed by atoms with Crippen molar-refractivity contribution in [2.24, 2.45) is 11.8 Å². The molecule has 1 aliphatic heterocycles. The molecule has 0 spiro atoms. The van der Waals surface area contributed by atoms with Gasteiger partial charge in [0, 0.05) is 31.5 Å². The van der Waals surface area contributed by atoms with Gasteiger partial charge in [-0.05, 0) is 20.8 Å². The summed E-state index contributed by atoms with van der Waals surface area (Å²) in [6.07, 6.45) is 1.49. The first-order valence-corrected chi connectivity index (χ1v) is 5.58. The number of carbonyl (C=O) groups excluding carboxylic acids is 1. The van der Waals surface area contributed by atoms with Crippen LogP contribution in [-0.4, -0.2) is 41.4 Å². The zero-order valence-corrected chi connectivity index (χ0v) is 10.3. The van der Waals surface area contributed by atoms with Crippen LogP contribution in [0.25, 0.3) is 0 Å². The molecule has 1 rings (SSSR count). The van der Waals surface area contributed by atoms with Gasteiger partial charge in [0.25, 0.3) is 0 Å². The van der Waals surface area contributed by atoms with Crippen LogP contribution in [0.4, 0.5) is 4.79 Å². The maximum Gasteiger partial charge on any atom is 0.410 e. The fourth-order valence-corrected chi connectivity index (χ4v) is 1.83. The first-order valence-electron chi connectivity index (χ1n) is 5.58. The van der Waals surface area contributed by atoms with Crippen LogP contribution in [0.15, 0.2) is 12.7 Å². The van der Waals surface area contributed by atoms with Gasteiger partial charge in [0.15, 0.2) is 0 Å². The van der Waals surface area contributed by atoms with Crippen molar-refractivity contribution in [1.82, 2.24) is 4.90 Å². The number of rotatable bonds is 2. The molecule has 4 nitrogen and oxygen atoms in total. The molecule has 1 fully saturated rings. The van der Waals surface area contributed by atoms with Gasteiger partial charge >= 0.3 is 6.09 Å². The summed E-state index contributed by atoms with van der Waals surface area (Å²) in [4.78, 5) is 13.4. The fourth-order valence-electron chi connectivity index (χ4n) is 1.83. The van der Waals surface area contributed by atoms with Gasteiger partial charge in [-0.3, -0.25) is 0 Å². The number of ether oxygens (including phenoxy) is 1. The molecule has 1 saturated heterocycles. The monoisotopic (exact) mass is 227 g/mol. The molecule has 0 aromatic carbocycles. The molecule has 0 aromatic rings. The molecule has 2 atom stereocenters. The Morgan fingerprint density at radius 3 is 2.56 bits per heavy atom. The van der Waals surface area contributed by atoms with E-state index >= 15 is 0 Å². The van der Waals surface area contributed by atoms with Crippen molar-refractivity contribution >= 4 is 6.09 Å². The smallest absolute Gasteiger partial charge is 0.410 e. The molecule has 0 aliphatic carbocycles. The van der Waals surface area contributed by atoms with E-state index in [-0.39, 0.29) is 24.5 Å². The quantitative estimate of drug-likeness (QED) is 0.730. The fraction of sp³-hybridized carbons (Fsp3) is 0.750. The Morgan fingerprint density at radius 2 is 2.19 bits per heavy atom. The lowest BCUT2D eigenvalue weighted by Crippen LogP contribution is -2.35. The second-order valence-electron chi connectivity index (χ2n) is 5.23. The van der Waals surface area contributed by atoms with Crippen LogP contribution < -0.4 is 0 Å². The molecular formula is C12H21NO3. The molecular weight excluding hydrogens is 206 g/mol. The first kappa shape index (κ1) is 13.0. The summed E-state index contributed by atoms with van der Waals surface area (Å²) < 4.78 is 5.28. The molecule has 0 aromatic heterocycles. The van der Waals surface area contributed by atoms with Crippen LogP contribution in [0.5, 0.6) is 0 Å². The number of amides is 1. The summed E-state index contributed by atoms with van der Waals surface area (Å²) in [6.45, 7) is 10.5. The minimum atomic E-state index is -0.474. The number of likely N-dealkylation sites (tertiary alicyclic amines) is 1. The number of hydrogen-bond acceptors (Lipinski definition) is 3. The molecule has 1 aliphatic rings. The van der Waals surface area contributed by atoms with Crippen molar-refractivity contribution in [1.29, 1.82) is 0 Å². The average Bonchev–Trinajstić information content (AvgIpc) is 2.57. The predicted molar refractivity (Wildman–Crippen MR) is 62.1 cm³/mol. The Balaban J connectivity index is 2.57. The van der Waals surface area contributed by atoms with Crippen LogP contribution in [0.2, 0.25) is 0 Å². The molecule has 0 saturated carbocycles. The van der Waals surface area contributed by atoms with Crippen molar-refractivity contribution < 1.29 is 14.6 Å². The lowest BCUT2D eigenvalue weighted by atomic mass is 9.97. The Kier molecular flexibility index (Phi) is 3.97. The van der Waals surface area contributed by atoms with Crippen LogP contribution in [0.3, 0.4) is 0 Å². The van der Waals surface area contributed by atoms with Crippen molar-refractivity contribution in [2.75, 3.05) is 19.7 Å². The lowest BCUT2D eigenvalue weighted by Gasteiger charge is -2.24. The molecule has 1 amide bonds. The van der Waals surface area contributed by atoms with E-state index in [9.17, 15) is 9.90 Å². The van der Waals surface area contributed by atoms with Crippen molar-refractivity contribution in [2.45, 2.75) is 26.4 Å². The highest BCUT2D eigenvalue weighted by molar-refractivity contribution is 5.68. The first-order chi connectivity index (χ1) is 7.37. The number of hydrogen-bond donors (Lipinski definition) is 1. The third-order valence-corrected chi connectivity index (χ3v) is 2.68. The molecule has 4 heteroatoms. The van der Waals surface area contributed by atoms with Gasteiger partial charge in [0.2, 0.25) is 0 Å². The van der Waals surface area contributed by atoms with Gasteiger partial charge in [-0.25, -0.2) is 4.79 Å². The topological polar surface area (TPSA) is 49.8 Å². The second kappa shape index (κ2) is 4.87. The van der Waals surface area contributed by atoms with Crippen molar-refractivity contribution in [3.05, 3.63) is 12.7 Å².